The topological polar surface area (TPSA) is 121 Å². The number of ether oxygens (including phenoxy) is 1. The molecule has 0 saturated carbocycles. The lowest BCUT2D eigenvalue weighted by Crippen LogP contribution is -2.22. The van der Waals surface area contributed by atoms with Crippen LogP contribution in [0.5, 0.6) is 0 Å². The minimum absolute atomic E-state index is 0.0642. The van der Waals surface area contributed by atoms with E-state index in [1.54, 1.807) is 25.3 Å². The van der Waals surface area contributed by atoms with Crippen LogP contribution in [0.15, 0.2) is 43.6 Å². The maximum Gasteiger partial charge on any atom is 0.247 e. The Morgan fingerprint density at radius 1 is 1.12 bits per heavy atom. The van der Waals surface area contributed by atoms with Gasteiger partial charge >= 0.3 is 0 Å². The number of benzene rings is 1. The summed E-state index contributed by atoms with van der Waals surface area (Å²) in [6, 6.07) is 7.37. The quantitative estimate of drug-likeness (QED) is 0.463. The van der Waals surface area contributed by atoms with Gasteiger partial charge in [-0.1, -0.05) is 34.1 Å². The van der Waals surface area contributed by atoms with Gasteiger partial charge in [0.2, 0.25) is 19.9 Å². The molecule has 182 valence electrons. The number of primary sulfonamides is 1. The van der Waals surface area contributed by atoms with E-state index < -0.39 is 19.9 Å². The van der Waals surface area contributed by atoms with E-state index >= 15 is 0 Å². The van der Waals surface area contributed by atoms with Crippen LogP contribution in [-0.2, 0) is 36.6 Å². The SMILES string of the molecule is CCC(CCOC)Cn1c(C(C)(C)C)nc2cc(S(=O)(=O)c3ccc(S(N)(=O)=O)s3)ccc21. The lowest BCUT2D eigenvalue weighted by atomic mass is 9.95. The zero-order valence-electron chi connectivity index (χ0n) is 19.5. The zero-order valence-corrected chi connectivity index (χ0v) is 22.0. The van der Waals surface area contributed by atoms with Gasteiger partial charge in [0.15, 0.2) is 0 Å². The van der Waals surface area contributed by atoms with Crippen molar-refractivity contribution in [3.8, 4) is 0 Å². The van der Waals surface area contributed by atoms with Crippen molar-refractivity contribution in [2.24, 2.45) is 11.1 Å². The van der Waals surface area contributed by atoms with Crippen LogP contribution in [0.1, 0.15) is 46.4 Å². The van der Waals surface area contributed by atoms with E-state index in [1.165, 1.54) is 12.1 Å². The predicted molar refractivity (Wildman–Crippen MR) is 130 cm³/mol. The van der Waals surface area contributed by atoms with E-state index in [9.17, 15) is 16.8 Å². The second-order valence-electron chi connectivity index (χ2n) is 9.12. The van der Waals surface area contributed by atoms with Gasteiger partial charge in [-0.2, -0.15) is 0 Å². The molecule has 2 heterocycles. The Bertz CT molecular complexity index is 1350. The molecular formula is C22H31N3O5S3. The molecule has 1 atom stereocenters. The molecule has 0 spiro atoms. The molecule has 1 unspecified atom stereocenters. The van der Waals surface area contributed by atoms with Gasteiger partial charge in [-0.25, -0.2) is 27.0 Å². The first kappa shape index (κ1) is 25.8. The molecule has 0 amide bonds. The summed E-state index contributed by atoms with van der Waals surface area (Å²) in [4.78, 5) is 4.88. The van der Waals surface area contributed by atoms with Crippen molar-refractivity contribution >= 4 is 42.2 Å². The van der Waals surface area contributed by atoms with E-state index in [1.807, 2.05) is 0 Å². The van der Waals surface area contributed by atoms with Gasteiger partial charge in [0, 0.05) is 25.7 Å². The van der Waals surface area contributed by atoms with Gasteiger partial charge in [-0.15, -0.1) is 11.3 Å². The third kappa shape index (κ3) is 5.48. The number of thiophene rings is 1. The summed E-state index contributed by atoms with van der Waals surface area (Å²) < 4.78 is 56.7. The van der Waals surface area contributed by atoms with Crippen molar-refractivity contribution in [3.05, 3.63) is 36.2 Å². The Balaban J connectivity index is 2.09. The number of methoxy groups -OCH3 is 1. The molecular weight excluding hydrogens is 482 g/mol. The summed E-state index contributed by atoms with van der Waals surface area (Å²) in [6.45, 7) is 9.84. The fourth-order valence-electron chi connectivity index (χ4n) is 3.72. The molecule has 33 heavy (non-hydrogen) atoms. The molecule has 0 aliphatic carbocycles. The van der Waals surface area contributed by atoms with Crippen LogP contribution in [0.25, 0.3) is 11.0 Å². The molecule has 0 aliphatic heterocycles. The predicted octanol–water partition coefficient (Wildman–Crippen LogP) is 3.94. The molecule has 2 aromatic heterocycles. The number of nitrogens with zero attached hydrogens (tertiary/aromatic N) is 2. The Morgan fingerprint density at radius 2 is 1.79 bits per heavy atom. The molecule has 0 aliphatic rings. The summed E-state index contributed by atoms with van der Waals surface area (Å²) >= 11 is 0.640. The second-order valence-corrected chi connectivity index (χ2v) is 14.2. The largest absolute Gasteiger partial charge is 0.385 e. The first-order valence-electron chi connectivity index (χ1n) is 10.7. The maximum absolute atomic E-state index is 13.2. The lowest BCUT2D eigenvalue weighted by Gasteiger charge is -2.23. The molecule has 3 aromatic rings. The molecule has 11 heteroatoms. The zero-order chi connectivity index (χ0) is 24.6. The van der Waals surface area contributed by atoms with E-state index in [4.69, 9.17) is 14.9 Å². The van der Waals surface area contributed by atoms with Crippen LogP contribution in [0.2, 0.25) is 0 Å². The molecule has 1 aromatic carbocycles. The van der Waals surface area contributed by atoms with Gasteiger partial charge in [-0.05, 0) is 42.7 Å². The number of hydrogen-bond acceptors (Lipinski definition) is 7. The number of nitrogens with two attached hydrogens (primary N) is 1. The molecule has 8 nitrogen and oxygen atoms in total. The average Bonchev–Trinajstić information content (AvgIpc) is 3.36. The highest BCUT2D eigenvalue weighted by molar-refractivity contribution is 7.95. The fourth-order valence-corrected chi connectivity index (χ4v) is 7.33. The number of sulfone groups is 1. The first-order valence-corrected chi connectivity index (χ1v) is 14.5. The van der Waals surface area contributed by atoms with Crippen LogP contribution in [-0.4, -0.2) is 40.1 Å². The van der Waals surface area contributed by atoms with Crippen LogP contribution >= 0.6 is 11.3 Å². The number of hydrogen-bond donors (Lipinski definition) is 1. The Hall–Kier alpha value is -1.79. The molecule has 0 saturated heterocycles. The monoisotopic (exact) mass is 513 g/mol. The highest BCUT2D eigenvalue weighted by atomic mass is 32.3. The third-order valence-electron chi connectivity index (χ3n) is 5.55. The van der Waals surface area contributed by atoms with Gasteiger partial charge in [0.25, 0.3) is 0 Å². The molecule has 2 N–H and O–H groups in total. The summed E-state index contributed by atoms with van der Waals surface area (Å²) in [7, 11) is -6.19. The highest BCUT2D eigenvalue weighted by Gasteiger charge is 2.27. The van der Waals surface area contributed by atoms with Crippen molar-refractivity contribution in [3.63, 3.8) is 0 Å². The fraction of sp³-hybridized carbons (Fsp3) is 0.500. The third-order valence-corrected chi connectivity index (χ3v) is 10.3. The Labute approximate surface area is 199 Å². The summed E-state index contributed by atoms with van der Waals surface area (Å²) in [5.74, 6) is 1.28. The molecule has 0 bridgehead atoms. The second kappa shape index (κ2) is 9.46. The van der Waals surface area contributed by atoms with Gasteiger partial charge in [0.05, 0.1) is 15.9 Å². The number of fused-ring (bicyclic) bond motifs is 1. The average molecular weight is 514 g/mol. The Kier molecular flexibility index (Phi) is 7.40. The standard InChI is InChI=1S/C22H31N3O5S3/c1-6-15(11-12-30-5)14-25-18-8-7-16(13-17(18)24-21(25)22(2,3)4)32(26,27)19-9-10-20(31-19)33(23,28)29/h7-10,13,15H,6,11-12,14H2,1-5H3,(H2,23,28,29). The van der Waals surface area contributed by atoms with Gasteiger partial charge in [-0.3, -0.25) is 0 Å². The van der Waals surface area contributed by atoms with Gasteiger partial charge < -0.3 is 9.30 Å². The Morgan fingerprint density at radius 3 is 2.33 bits per heavy atom. The van der Waals surface area contributed by atoms with Crippen LogP contribution < -0.4 is 5.14 Å². The number of imidazole rings is 1. The number of sulfonamides is 1. The first-order chi connectivity index (χ1) is 15.3. The minimum atomic E-state index is -3.97. The van der Waals surface area contributed by atoms with E-state index in [0.717, 1.165) is 30.7 Å². The van der Waals surface area contributed by atoms with Crippen molar-refractivity contribution in [1.29, 1.82) is 0 Å². The maximum atomic E-state index is 13.2. The van der Waals surface area contributed by atoms with Crippen LogP contribution in [0, 0.1) is 5.92 Å². The summed E-state index contributed by atoms with van der Waals surface area (Å²) in [5, 5.41) is 5.14. The molecule has 3 rings (SSSR count). The highest BCUT2D eigenvalue weighted by Crippen LogP contribution is 2.33. The van der Waals surface area contributed by atoms with Crippen molar-refractivity contribution < 1.29 is 21.6 Å². The van der Waals surface area contributed by atoms with E-state index in [-0.39, 0.29) is 18.7 Å². The van der Waals surface area contributed by atoms with Crippen molar-refractivity contribution in [2.45, 2.75) is 65.8 Å². The van der Waals surface area contributed by atoms with Crippen LogP contribution in [0.4, 0.5) is 0 Å². The van der Waals surface area contributed by atoms with E-state index in [2.05, 4.69) is 32.3 Å². The van der Waals surface area contributed by atoms with Crippen LogP contribution in [0.3, 0.4) is 0 Å². The summed E-state index contributed by atoms with van der Waals surface area (Å²) in [6.07, 6.45) is 1.91. The van der Waals surface area contributed by atoms with Gasteiger partial charge in [0.1, 0.15) is 14.2 Å². The minimum Gasteiger partial charge on any atom is -0.385 e. The molecule has 0 radical (unpaired) electrons. The van der Waals surface area contributed by atoms with Crippen molar-refractivity contribution in [2.75, 3.05) is 13.7 Å². The summed E-state index contributed by atoms with van der Waals surface area (Å²) in [5.41, 5.74) is 1.22. The normalized spacial score (nSPS) is 14.1. The van der Waals surface area contributed by atoms with Crippen molar-refractivity contribution in [1.82, 2.24) is 9.55 Å². The lowest BCUT2D eigenvalue weighted by molar-refractivity contribution is 0.171. The number of rotatable bonds is 9. The van der Waals surface area contributed by atoms with E-state index in [0.29, 0.717) is 29.4 Å². The smallest absolute Gasteiger partial charge is 0.247 e. The number of aromatic nitrogens is 2. The molecule has 0 fully saturated rings.